The zero-order valence-corrected chi connectivity index (χ0v) is 18.6. The number of H-pyrrole nitrogens is 1. The number of aromatic nitrogens is 4. The summed E-state index contributed by atoms with van der Waals surface area (Å²) in [5.74, 6) is 0.972. The topological polar surface area (TPSA) is 96.9 Å². The van der Waals surface area contributed by atoms with Crippen LogP contribution in [-0.4, -0.2) is 32.3 Å². The van der Waals surface area contributed by atoms with E-state index in [-0.39, 0.29) is 12.1 Å². The maximum absolute atomic E-state index is 5.94. The van der Waals surface area contributed by atoms with Crippen molar-refractivity contribution in [3.8, 4) is 0 Å². The molecule has 3 rings (SSSR count). The predicted octanol–water partition coefficient (Wildman–Crippen LogP) is 4.22. The molecule has 1 aromatic carbocycles. The molecule has 0 bridgehead atoms. The number of aromatic amines is 1. The van der Waals surface area contributed by atoms with E-state index in [1.54, 1.807) is 0 Å². The summed E-state index contributed by atoms with van der Waals surface area (Å²) in [6.07, 6.45) is 0. The van der Waals surface area contributed by atoms with Gasteiger partial charge in [0.1, 0.15) is 0 Å². The van der Waals surface area contributed by atoms with Crippen LogP contribution in [0, 0.1) is 0 Å². The Labute approximate surface area is 173 Å². The molecule has 0 aliphatic carbocycles. The van der Waals surface area contributed by atoms with E-state index in [0.29, 0.717) is 23.9 Å². The summed E-state index contributed by atoms with van der Waals surface area (Å²) in [7, 11) is 0. The third kappa shape index (κ3) is 4.28. The van der Waals surface area contributed by atoms with Crippen LogP contribution in [-0.2, 0) is 0 Å². The number of rotatable bonds is 6. The molecule has 4 N–H and O–H groups in total. The molecule has 3 aromatic rings. The fourth-order valence-corrected chi connectivity index (χ4v) is 3.32. The molecule has 0 fully saturated rings. The molecule has 0 aliphatic rings. The first kappa shape index (κ1) is 20.5. The van der Waals surface area contributed by atoms with Gasteiger partial charge in [-0.2, -0.15) is 10.1 Å². The van der Waals surface area contributed by atoms with Crippen molar-refractivity contribution in [1.29, 1.82) is 0 Å². The standard InChI is InChI=1S/C20H28BrN7/c1-11(2)16-18-17(27-26-16)19(24-15-8-6-14(21)7-9-15)25-20(23-10-13(5)22)28(18)12(3)4/h6-9,11-13H,10,22H2,1-5H3,(H,26,27)(H,23,24,25). The molecule has 8 heteroatoms. The van der Waals surface area contributed by atoms with Crippen LogP contribution < -0.4 is 16.7 Å². The van der Waals surface area contributed by atoms with Gasteiger partial charge in [-0.15, -0.1) is 0 Å². The van der Waals surface area contributed by atoms with Crippen LogP contribution in [0.15, 0.2) is 33.7 Å². The van der Waals surface area contributed by atoms with E-state index >= 15 is 0 Å². The second-order valence-electron chi connectivity index (χ2n) is 7.66. The molecule has 1 unspecified atom stereocenters. The quantitative estimate of drug-likeness (QED) is 0.528. The molecule has 0 amide bonds. The highest BCUT2D eigenvalue weighted by molar-refractivity contribution is 9.10. The van der Waals surface area contributed by atoms with E-state index in [9.17, 15) is 0 Å². The van der Waals surface area contributed by atoms with Crippen LogP contribution in [0.25, 0.3) is 11.0 Å². The molecule has 0 saturated heterocycles. The van der Waals surface area contributed by atoms with Gasteiger partial charge in [0.15, 0.2) is 11.3 Å². The number of fused-ring (bicyclic) bond motifs is 1. The Hall–Kier alpha value is -2.19. The van der Waals surface area contributed by atoms with Crippen molar-refractivity contribution in [3.63, 3.8) is 0 Å². The van der Waals surface area contributed by atoms with Gasteiger partial charge in [0, 0.05) is 22.2 Å². The van der Waals surface area contributed by atoms with Gasteiger partial charge in [0.05, 0.1) is 17.8 Å². The Bertz CT molecular complexity index is 1010. The van der Waals surface area contributed by atoms with Crippen molar-refractivity contribution < 1.29 is 0 Å². The number of anilines is 2. The lowest BCUT2D eigenvalue weighted by Gasteiger charge is -2.17. The zero-order chi connectivity index (χ0) is 20.4. The first-order valence-electron chi connectivity index (χ1n) is 9.57. The molecule has 0 saturated carbocycles. The van der Waals surface area contributed by atoms with Gasteiger partial charge in [-0.1, -0.05) is 29.8 Å². The molecule has 0 radical (unpaired) electrons. The van der Waals surface area contributed by atoms with E-state index in [0.717, 1.165) is 26.9 Å². The summed E-state index contributed by atoms with van der Waals surface area (Å²) < 4.78 is 3.17. The number of hydrogen-bond donors (Lipinski definition) is 3. The number of halogens is 1. The van der Waals surface area contributed by atoms with Crippen molar-refractivity contribution in [3.05, 3.63) is 40.1 Å². The minimum atomic E-state index is -0.0325. The summed E-state index contributed by atoms with van der Waals surface area (Å²) in [5.41, 5.74) is 10.4. The first-order valence-corrected chi connectivity index (χ1v) is 10.4. The third-order valence-corrected chi connectivity index (χ3v) is 4.91. The van der Waals surface area contributed by atoms with Gasteiger partial charge in [-0.05, 0) is 51.0 Å². The lowest BCUT2D eigenvalue weighted by atomic mass is 10.1. The molecule has 1 atom stereocenters. The SMILES string of the molecule is CC(N)CN=c1nc(Nc2ccc(Br)cc2)c2n[nH]c(C(C)C)c2n1C(C)C. The Morgan fingerprint density at radius 2 is 1.86 bits per heavy atom. The summed E-state index contributed by atoms with van der Waals surface area (Å²) in [4.78, 5) is 9.53. The molecular formula is C20H28BrN7. The number of nitrogens with zero attached hydrogens (tertiary/aromatic N) is 4. The summed E-state index contributed by atoms with van der Waals surface area (Å²) in [5, 5.41) is 11.2. The molecular weight excluding hydrogens is 418 g/mol. The first-order chi connectivity index (χ1) is 13.3. The zero-order valence-electron chi connectivity index (χ0n) is 17.0. The van der Waals surface area contributed by atoms with Crippen LogP contribution in [0.3, 0.4) is 0 Å². The normalized spacial score (nSPS) is 13.7. The van der Waals surface area contributed by atoms with Gasteiger partial charge < -0.3 is 15.6 Å². The lowest BCUT2D eigenvalue weighted by Crippen LogP contribution is -2.30. The number of benzene rings is 1. The molecule has 0 aliphatic heterocycles. The van der Waals surface area contributed by atoms with Gasteiger partial charge in [-0.3, -0.25) is 5.10 Å². The van der Waals surface area contributed by atoms with Crippen molar-refractivity contribution in [1.82, 2.24) is 19.7 Å². The van der Waals surface area contributed by atoms with Gasteiger partial charge in [0.2, 0.25) is 5.62 Å². The van der Waals surface area contributed by atoms with Crippen molar-refractivity contribution in [2.75, 3.05) is 11.9 Å². The maximum atomic E-state index is 5.94. The van der Waals surface area contributed by atoms with Gasteiger partial charge in [0.25, 0.3) is 0 Å². The molecule has 150 valence electrons. The minimum Gasteiger partial charge on any atom is -0.338 e. The second-order valence-corrected chi connectivity index (χ2v) is 8.58. The van der Waals surface area contributed by atoms with Crippen molar-refractivity contribution in [2.24, 2.45) is 10.7 Å². The fraction of sp³-hybridized carbons (Fsp3) is 0.450. The Morgan fingerprint density at radius 3 is 2.43 bits per heavy atom. The smallest absolute Gasteiger partial charge is 0.227 e. The Morgan fingerprint density at radius 1 is 1.18 bits per heavy atom. The van der Waals surface area contributed by atoms with Crippen LogP contribution in [0.4, 0.5) is 11.5 Å². The monoisotopic (exact) mass is 445 g/mol. The van der Waals surface area contributed by atoms with Crippen LogP contribution in [0.1, 0.15) is 52.3 Å². The highest BCUT2D eigenvalue weighted by Crippen LogP contribution is 2.29. The number of nitrogens with one attached hydrogen (secondary N) is 2. The molecule has 2 heterocycles. The highest BCUT2D eigenvalue weighted by Gasteiger charge is 2.20. The third-order valence-electron chi connectivity index (χ3n) is 4.38. The Kier molecular flexibility index (Phi) is 6.20. The lowest BCUT2D eigenvalue weighted by molar-refractivity contribution is 0.564. The largest absolute Gasteiger partial charge is 0.338 e. The van der Waals surface area contributed by atoms with Crippen LogP contribution in [0.2, 0.25) is 0 Å². The van der Waals surface area contributed by atoms with E-state index < -0.39 is 0 Å². The van der Waals surface area contributed by atoms with Crippen LogP contribution >= 0.6 is 15.9 Å². The maximum Gasteiger partial charge on any atom is 0.227 e. The Balaban J connectivity index is 2.27. The van der Waals surface area contributed by atoms with E-state index in [2.05, 4.69) is 63.7 Å². The second kappa shape index (κ2) is 8.45. The molecule has 0 spiro atoms. The summed E-state index contributed by atoms with van der Waals surface area (Å²) in [6, 6.07) is 8.12. The van der Waals surface area contributed by atoms with Gasteiger partial charge >= 0.3 is 0 Å². The average Bonchev–Trinajstić information content (AvgIpc) is 3.06. The molecule has 7 nitrogen and oxygen atoms in total. The van der Waals surface area contributed by atoms with E-state index in [1.165, 1.54) is 0 Å². The summed E-state index contributed by atoms with van der Waals surface area (Å²) >= 11 is 3.47. The van der Waals surface area contributed by atoms with Crippen molar-refractivity contribution >= 4 is 38.5 Å². The van der Waals surface area contributed by atoms with Gasteiger partial charge in [-0.25, -0.2) is 4.99 Å². The van der Waals surface area contributed by atoms with Crippen LogP contribution in [0.5, 0.6) is 0 Å². The average molecular weight is 446 g/mol. The van der Waals surface area contributed by atoms with E-state index in [4.69, 9.17) is 15.7 Å². The minimum absolute atomic E-state index is 0.0325. The van der Waals surface area contributed by atoms with Crippen molar-refractivity contribution in [2.45, 2.75) is 52.6 Å². The van der Waals surface area contributed by atoms with E-state index in [1.807, 2.05) is 31.2 Å². The summed E-state index contributed by atoms with van der Waals surface area (Å²) in [6.45, 7) is 11.0. The number of hydrogen-bond acceptors (Lipinski definition) is 5. The highest BCUT2D eigenvalue weighted by atomic mass is 79.9. The molecule has 28 heavy (non-hydrogen) atoms. The number of nitrogens with two attached hydrogens (primary N) is 1. The predicted molar refractivity (Wildman–Crippen MR) is 118 cm³/mol. The molecule has 2 aromatic heterocycles. The fourth-order valence-electron chi connectivity index (χ4n) is 3.05.